The largest absolute Gasteiger partial charge is 0.382 e. The van der Waals surface area contributed by atoms with Crippen LogP contribution in [0.5, 0.6) is 0 Å². The molecule has 2 fully saturated rings. The fourth-order valence-electron chi connectivity index (χ4n) is 5.56. The van der Waals surface area contributed by atoms with E-state index in [0.29, 0.717) is 67.5 Å². The van der Waals surface area contributed by atoms with Crippen molar-refractivity contribution in [3.63, 3.8) is 0 Å². The number of ether oxygens (including phenoxy) is 1. The molecule has 44 heavy (non-hydrogen) atoms. The number of amides is 2. The predicted molar refractivity (Wildman–Crippen MR) is 169 cm³/mol. The molecule has 2 aliphatic heterocycles. The summed E-state index contributed by atoms with van der Waals surface area (Å²) in [5, 5.41) is 6.54. The van der Waals surface area contributed by atoms with Crippen LogP contribution in [0.25, 0.3) is 5.78 Å². The molecule has 230 valence electrons. The van der Waals surface area contributed by atoms with Gasteiger partial charge in [-0.2, -0.15) is 15.0 Å². The first kappa shape index (κ1) is 29.4. The van der Waals surface area contributed by atoms with Crippen LogP contribution in [-0.2, 0) is 10.2 Å². The molecule has 2 aromatic carbocycles. The van der Waals surface area contributed by atoms with E-state index in [0.717, 1.165) is 25.1 Å². The number of nitrogens with two attached hydrogens (primary N) is 1. The monoisotopic (exact) mass is 597 g/mol. The minimum Gasteiger partial charge on any atom is -0.382 e. The van der Waals surface area contributed by atoms with Crippen molar-refractivity contribution in [1.82, 2.24) is 29.6 Å². The number of morpholine rings is 1. The van der Waals surface area contributed by atoms with Gasteiger partial charge >= 0.3 is 0 Å². The molecule has 4 N–H and O–H groups in total. The first-order valence-corrected chi connectivity index (χ1v) is 15.1. The van der Waals surface area contributed by atoms with E-state index in [4.69, 9.17) is 15.5 Å². The Bertz CT molecular complexity index is 1640. The van der Waals surface area contributed by atoms with Gasteiger partial charge in [0.2, 0.25) is 17.7 Å². The zero-order valence-corrected chi connectivity index (χ0v) is 25.4. The van der Waals surface area contributed by atoms with Gasteiger partial charge in [0.1, 0.15) is 5.82 Å². The molecule has 6 rings (SSSR count). The summed E-state index contributed by atoms with van der Waals surface area (Å²) in [6.45, 7) is 10.1. The van der Waals surface area contributed by atoms with E-state index in [9.17, 15) is 9.59 Å². The Morgan fingerprint density at radius 2 is 1.64 bits per heavy atom. The van der Waals surface area contributed by atoms with Gasteiger partial charge in [-0.25, -0.2) is 0 Å². The topological polar surface area (TPSA) is 143 Å². The summed E-state index contributed by atoms with van der Waals surface area (Å²) in [6.07, 6.45) is 3.41. The highest BCUT2D eigenvalue weighted by Crippen LogP contribution is 2.25. The highest BCUT2D eigenvalue weighted by atomic mass is 16.5. The van der Waals surface area contributed by atoms with Gasteiger partial charge in [-0.1, -0.05) is 32.9 Å². The summed E-state index contributed by atoms with van der Waals surface area (Å²) in [4.78, 5) is 43.7. The second kappa shape index (κ2) is 12.1. The fraction of sp³-hybridized carbons (Fsp3) is 0.406. The standard InChI is InChI=1S/C32H39N9O3/c1-32(2,3)23-10-6-21(7-11-23)27(42)34-25-5-4-14-40(19-25)29-37-30(41-20-26(33)36-31(41)38-29)35-24-12-8-22(9-13-24)28(43)39-15-17-44-18-16-39/h6-13,20,25H,4-5,14-19,33H2,1-3H3,(H,34,42)(H,35,36,37,38). The van der Waals surface area contributed by atoms with Crippen molar-refractivity contribution in [2.24, 2.45) is 0 Å². The Balaban J connectivity index is 1.17. The fourth-order valence-corrected chi connectivity index (χ4v) is 5.56. The van der Waals surface area contributed by atoms with Crippen LogP contribution in [0, 0.1) is 0 Å². The number of carbonyl (C=O) groups excluding carboxylic acids is 2. The third-order valence-corrected chi connectivity index (χ3v) is 8.08. The highest BCUT2D eigenvalue weighted by Gasteiger charge is 2.26. The van der Waals surface area contributed by atoms with E-state index in [-0.39, 0.29) is 23.3 Å². The first-order valence-electron chi connectivity index (χ1n) is 15.1. The van der Waals surface area contributed by atoms with E-state index < -0.39 is 0 Å². The van der Waals surface area contributed by atoms with E-state index >= 15 is 0 Å². The first-order chi connectivity index (χ1) is 21.1. The molecule has 1 unspecified atom stereocenters. The third kappa shape index (κ3) is 6.45. The van der Waals surface area contributed by atoms with Gasteiger partial charge in [0.15, 0.2) is 0 Å². The quantitative estimate of drug-likeness (QED) is 0.304. The van der Waals surface area contributed by atoms with Gasteiger partial charge in [-0.05, 0) is 60.2 Å². The molecule has 12 nitrogen and oxygen atoms in total. The van der Waals surface area contributed by atoms with Crippen LogP contribution in [0.15, 0.2) is 54.7 Å². The summed E-state index contributed by atoms with van der Waals surface area (Å²) in [5.74, 6) is 1.63. The molecule has 0 bridgehead atoms. The molecule has 1 atom stereocenters. The lowest BCUT2D eigenvalue weighted by molar-refractivity contribution is 0.0303. The number of imidazole rings is 1. The van der Waals surface area contributed by atoms with Gasteiger partial charge in [-0.3, -0.25) is 14.0 Å². The molecular weight excluding hydrogens is 558 g/mol. The van der Waals surface area contributed by atoms with Gasteiger partial charge in [0.25, 0.3) is 11.8 Å². The predicted octanol–water partition coefficient (Wildman–Crippen LogP) is 3.62. The lowest BCUT2D eigenvalue weighted by Gasteiger charge is -2.33. The zero-order valence-electron chi connectivity index (χ0n) is 25.4. The molecule has 2 aliphatic rings. The maximum atomic E-state index is 13.1. The average Bonchev–Trinajstić information content (AvgIpc) is 3.42. The third-order valence-electron chi connectivity index (χ3n) is 8.08. The van der Waals surface area contributed by atoms with Crippen molar-refractivity contribution in [2.75, 3.05) is 55.3 Å². The van der Waals surface area contributed by atoms with Crippen LogP contribution >= 0.6 is 0 Å². The van der Waals surface area contributed by atoms with Crippen LogP contribution in [0.1, 0.15) is 59.9 Å². The van der Waals surface area contributed by atoms with Crippen LogP contribution in [0.3, 0.4) is 0 Å². The summed E-state index contributed by atoms with van der Waals surface area (Å²) in [6, 6.07) is 15.1. The second-order valence-corrected chi connectivity index (χ2v) is 12.4. The minimum absolute atomic E-state index is 0.0115. The maximum absolute atomic E-state index is 13.1. The molecule has 4 aromatic rings. The zero-order chi connectivity index (χ0) is 30.8. The second-order valence-electron chi connectivity index (χ2n) is 12.4. The lowest BCUT2D eigenvalue weighted by Crippen LogP contribution is -2.48. The molecule has 0 radical (unpaired) electrons. The van der Waals surface area contributed by atoms with Crippen molar-refractivity contribution in [1.29, 1.82) is 0 Å². The van der Waals surface area contributed by atoms with E-state index in [1.165, 1.54) is 5.56 Å². The van der Waals surface area contributed by atoms with Crippen molar-refractivity contribution in [3.05, 3.63) is 71.4 Å². The number of fused-ring (bicyclic) bond motifs is 1. The van der Waals surface area contributed by atoms with Gasteiger partial charge < -0.3 is 30.9 Å². The average molecular weight is 598 g/mol. The number of nitrogens with zero attached hydrogens (tertiary/aromatic N) is 6. The molecule has 0 spiro atoms. The van der Waals surface area contributed by atoms with Gasteiger partial charge in [0, 0.05) is 49.0 Å². The maximum Gasteiger partial charge on any atom is 0.254 e. The summed E-state index contributed by atoms with van der Waals surface area (Å²) >= 11 is 0. The molecule has 2 aromatic heterocycles. The molecule has 0 saturated carbocycles. The molecule has 0 aliphatic carbocycles. The van der Waals surface area contributed by atoms with Crippen LogP contribution in [0.2, 0.25) is 0 Å². The van der Waals surface area contributed by atoms with Crippen molar-refractivity contribution in [3.8, 4) is 0 Å². The van der Waals surface area contributed by atoms with Crippen molar-refractivity contribution in [2.45, 2.75) is 45.1 Å². The van der Waals surface area contributed by atoms with Crippen LogP contribution < -0.4 is 21.3 Å². The van der Waals surface area contributed by atoms with E-state index in [1.54, 1.807) is 27.6 Å². The Hall–Kier alpha value is -4.71. The highest BCUT2D eigenvalue weighted by molar-refractivity contribution is 5.95. The Morgan fingerprint density at radius 3 is 2.34 bits per heavy atom. The number of nitrogens with one attached hydrogen (secondary N) is 2. The molecular formula is C32H39N9O3. The number of nitrogen functional groups attached to an aromatic ring is 1. The Kier molecular flexibility index (Phi) is 8.09. The number of carbonyl (C=O) groups is 2. The van der Waals surface area contributed by atoms with Crippen molar-refractivity contribution >= 4 is 41.0 Å². The summed E-state index contributed by atoms with van der Waals surface area (Å²) in [5.41, 5.74) is 9.26. The van der Waals surface area contributed by atoms with Gasteiger partial charge in [-0.15, -0.1) is 0 Å². The molecule has 2 saturated heterocycles. The summed E-state index contributed by atoms with van der Waals surface area (Å²) < 4.78 is 7.07. The van der Waals surface area contributed by atoms with Crippen LogP contribution in [0.4, 0.5) is 23.4 Å². The number of hydrogen-bond donors (Lipinski definition) is 3. The van der Waals surface area contributed by atoms with Crippen LogP contribution in [-0.4, -0.2) is 81.5 Å². The minimum atomic E-state index is -0.0902. The van der Waals surface area contributed by atoms with E-state index in [1.807, 2.05) is 36.4 Å². The molecule has 4 heterocycles. The Morgan fingerprint density at radius 1 is 0.932 bits per heavy atom. The number of anilines is 4. The van der Waals surface area contributed by atoms with Gasteiger partial charge in [0.05, 0.1) is 19.4 Å². The SMILES string of the molecule is CC(C)(C)c1ccc(C(=O)NC2CCCN(c3nc(Nc4ccc(C(=O)N5CCOCC5)cc4)n4cc(N)nc4n3)C2)cc1. The smallest absolute Gasteiger partial charge is 0.254 e. The number of hydrogen-bond acceptors (Lipinski definition) is 9. The lowest BCUT2D eigenvalue weighted by atomic mass is 9.86. The molecule has 2 amide bonds. The molecule has 12 heteroatoms. The number of rotatable bonds is 6. The normalized spacial score (nSPS) is 17.5. The Labute approximate surface area is 256 Å². The number of benzene rings is 2. The summed E-state index contributed by atoms with van der Waals surface area (Å²) in [7, 11) is 0. The van der Waals surface area contributed by atoms with Crippen molar-refractivity contribution < 1.29 is 14.3 Å². The number of piperidine rings is 1. The van der Waals surface area contributed by atoms with E-state index in [2.05, 4.69) is 46.3 Å². The number of aromatic nitrogens is 4.